The lowest BCUT2D eigenvalue weighted by atomic mass is 9.44. The molecule has 0 N–H and O–H groups in total. The number of carbonyl (C=O) groups excluding carboxylic acids is 1. The van der Waals surface area contributed by atoms with Crippen LogP contribution in [0.1, 0.15) is 52.4 Å². The zero-order valence-corrected chi connectivity index (χ0v) is 13.2. The van der Waals surface area contributed by atoms with Crippen LogP contribution in [-0.4, -0.2) is 29.8 Å². The van der Waals surface area contributed by atoms with E-state index in [0.29, 0.717) is 17.9 Å². The normalized spacial score (nSPS) is 45.3. The summed E-state index contributed by atoms with van der Waals surface area (Å²) >= 11 is 6.06. The summed E-state index contributed by atoms with van der Waals surface area (Å²) < 4.78 is 0. The highest BCUT2D eigenvalue weighted by molar-refractivity contribution is 6.20. The Hall–Kier alpha value is -0.240. The third-order valence-corrected chi connectivity index (χ3v) is 5.82. The molecule has 3 unspecified atom stereocenters. The molecule has 4 bridgehead atoms. The van der Waals surface area contributed by atoms with E-state index in [0.717, 1.165) is 31.1 Å². The van der Waals surface area contributed by atoms with Gasteiger partial charge in [0.05, 0.1) is 5.41 Å². The van der Waals surface area contributed by atoms with Crippen LogP contribution >= 0.6 is 11.6 Å². The Morgan fingerprint density at radius 2 is 1.89 bits per heavy atom. The van der Waals surface area contributed by atoms with Gasteiger partial charge in [-0.15, -0.1) is 11.6 Å². The predicted molar refractivity (Wildman–Crippen MR) is 78.2 cm³/mol. The molecular weight excluding hydrogens is 258 g/mol. The Morgan fingerprint density at radius 3 is 2.37 bits per heavy atom. The van der Waals surface area contributed by atoms with Crippen LogP contribution in [0.3, 0.4) is 0 Å². The van der Waals surface area contributed by atoms with Crippen molar-refractivity contribution in [1.82, 2.24) is 4.90 Å². The molecule has 0 radical (unpaired) electrons. The van der Waals surface area contributed by atoms with Crippen molar-refractivity contribution in [2.75, 3.05) is 13.6 Å². The van der Waals surface area contributed by atoms with Crippen LogP contribution < -0.4 is 0 Å². The monoisotopic (exact) mass is 283 g/mol. The molecule has 1 amide bonds. The Labute approximate surface area is 121 Å². The summed E-state index contributed by atoms with van der Waals surface area (Å²) in [4.78, 5) is 14.8. The maximum Gasteiger partial charge on any atom is 0.228 e. The third kappa shape index (κ3) is 2.30. The van der Waals surface area contributed by atoms with E-state index in [-0.39, 0.29) is 10.8 Å². The second kappa shape index (κ2) is 4.38. The topological polar surface area (TPSA) is 20.3 Å². The molecule has 4 fully saturated rings. The van der Waals surface area contributed by atoms with Gasteiger partial charge in [-0.1, -0.05) is 6.92 Å². The fraction of sp³-hybridized carbons (Fsp3) is 0.938. The van der Waals surface area contributed by atoms with Gasteiger partial charge in [-0.05, 0) is 62.7 Å². The standard InChI is InChI=1S/C16H26ClNO/c1-11(17)9-18(3)14(19)16-7-12-4-13(8-16)6-15(2,5-12)10-16/h11-13H,4-10H2,1-3H3. The van der Waals surface area contributed by atoms with Crippen molar-refractivity contribution in [3.8, 4) is 0 Å². The van der Waals surface area contributed by atoms with Crippen molar-refractivity contribution < 1.29 is 4.79 Å². The summed E-state index contributed by atoms with van der Waals surface area (Å²) in [5.41, 5.74) is 0.395. The van der Waals surface area contributed by atoms with Crippen molar-refractivity contribution in [2.45, 2.75) is 57.7 Å². The zero-order valence-electron chi connectivity index (χ0n) is 12.4. The number of rotatable bonds is 3. The van der Waals surface area contributed by atoms with Gasteiger partial charge < -0.3 is 4.90 Å². The van der Waals surface area contributed by atoms with Gasteiger partial charge in [0.25, 0.3) is 0 Å². The van der Waals surface area contributed by atoms with Gasteiger partial charge in [0, 0.05) is 19.0 Å². The van der Waals surface area contributed by atoms with Gasteiger partial charge in [0.15, 0.2) is 0 Å². The first kappa shape index (κ1) is 13.7. The van der Waals surface area contributed by atoms with Crippen LogP contribution in [0, 0.1) is 22.7 Å². The van der Waals surface area contributed by atoms with Crippen molar-refractivity contribution in [3.05, 3.63) is 0 Å². The van der Waals surface area contributed by atoms with Gasteiger partial charge in [-0.3, -0.25) is 4.79 Å². The Balaban J connectivity index is 1.81. The van der Waals surface area contributed by atoms with Gasteiger partial charge in [0.2, 0.25) is 5.91 Å². The first-order valence-corrected chi connectivity index (χ1v) is 8.15. The second-order valence-electron chi connectivity index (χ2n) is 8.02. The fourth-order valence-corrected chi connectivity index (χ4v) is 6.04. The van der Waals surface area contributed by atoms with Crippen LogP contribution in [0.5, 0.6) is 0 Å². The molecule has 3 atom stereocenters. The van der Waals surface area contributed by atoms with Gasteiger partial charge in [0.1, 0.15) is 0 Å². The molecule has 0 aromatic heterocycles. The molecule has 4 aliphatic carbocycles. The van der Waals surface area contributed by atoms with Crippen molar-refractivity contribution >= 4 is 17.5 Å². The first-order valence-electron chi connectivity index (χ1n) is 7.72. The van der Waals surface area contributed by atoms with E-state index in [1.54, 1.807) is 0 Å². The average molecular weight is 284 g/mol. The van der Waals surface area contributed by atoms with Crippen LogP contribution in [-0.2, 0) is 4.79 Å². The summed E-state index contributed by atoms with van der Waals surface area (Å²) in [6, 6.07) is 0. The van der Waals surface area contributed by atoms with Crippen molar-refractivity contribution in [3.63, 3.8) is 0 Å². The molecule has 108 valence electrons. The zero-order chi connectivity index (χ0) is 13.8. The van der Waals surface area contributed by atoms with E-state index in [1.165, 1.54) is 19.3 Å². The quantitative estimate of drug-likeness (QED) is 0.724. The molecule has 0 aromatic rings. The van der Waals surface area contributed by atoms with E-state index >= 15 is 0 Å². The SMILES string of the molecule is CC(Cl)CN(C)C(=O)C12CC3CC(CC(C)(C3)C1)C2. The van der Waals surface area contributed by atoms with Crippen LogP contribution in [0.2, 0.25) is 0 Å². The highest BCUT2D eigenvalue weighted by Crippen LogP contribution is 2.65. The molecule has 3 heteroatoms. The lowest BCUT2D eigenvalue weighted by Crippen LogP contribution is -2.57. The van der Waals surface area contributed by atoms with Crippen LogP contribution in [0.25, 0.3) is 0 Å². The van der Waals surface area contributed by atoms with E-state index in [2.05, 4.69) is 6.92 Å². The number of hydrogen-bond acceptors (Lipinski definition) is 1. The minimum atomic E-state index is -0.0423. The lowest BCUT2D eigenvalue weighted by molar-refractivity contribution is -0.164. The number of hydrogen-bond donors (Lipinski definition) is 0. The summed E-state index contributed by atoms with van der Waals surface area (Å²) in [5, 5.41) is 0.0402. The predicted octanol–water partition coefficient (Wildman–Crippen LogP) is 3.68. The molecule has 19 heavy (non-hydrogen) atoms. The van der Waals surface area contributed by atoms with E-state index in [1.807, 2.05) is 18.9 Å². The minimum absolute atomic E-state index is 0.0402. The maximum absolute atomic E-state index is 12.9. The van der Waals surface area contributed by atoms with Gasteiger partial charge in [-0.25, -0.2) is 0 Å². The number of carbonyl (C=O) groups is 1. The Bertz CT molecular complexity index is 378. The number of amides is 1. The molecule has 0 aliphatic heterocycles. The number of nitrogens with zero attached hydrogens (tertiary/aromatic N) is 1. The largest absolute Gasteiger partial charge is 0.344 e. The van der Waals surface area contributed by atoms with Crippen molar-refractivity contribution in [1.29, 1.82) is 0 Å². The molecule has 0 saturated heterocycles. The second-order valence-corrected chi connectivity index (χ2v) is 8.76. The minimum Gasteiger partial charge on any atom is -0.344 e. The van der Waals surface area contributed by atoms with Crippen LogP contribution in [0.15, 0.2) is 0 Å². The maximum atomic E-state index is 12.9. The Kier molecular flexibility index (Phi) is 3.16. The average Bonchev–Trinajstić information content (AvgIpc) is 2.23. The van der Waals surface area contributed by atoms with Crippen LogP contribution in [0.4, 0.5) is 0 Å². The number of halogens is 1. The highest BCUT2D eigenvalue weighted by atomic mass is 35.5. The van der Waals surface area contributed by atoms with E-state index in [4.69, 9.17) is 11.6 Å². The first-order chi connectivity index (χ1) is 8.82. The Morgan fingerprint density at radius 1 is 1.32 bits per heavy atom. The summed E-state index contributed by atoms with van der Waals surface area (Å²) in [6.45, 7) is 5.05. The molecule has 0 heterocycles. The molecule has 2 nitrogen and oxygen atoms in total. The molecule has 0 aromatic carbocycles. The molecule has 0 spiro atoms. The summed E-state index contributed by atoms with van der Waals surface area (Å²) in [6.07, 6.45) is 7.48. The lowest BCUT2D eigenvalue weighted by Gasteiger charge is -2.61. The molecule has 4 rings (SSSR count). The van der Waals surface area contributed by atoms with Gasteiger partial charge in [-0.2, -0.15) is 0 Å². The summed E-state index contributed by atoms with van der Waals surface area (Å²) in [7, 11) is 1.93. The molecule has 4 saturated carbocycles. The van der Waals surface area contributed by atoms with E-state index < -0.39 is 0 Å². The smallest absolute Gasteiger partial charge is 0.228 e. The summed E-state index contributed by atoms with van der Waals surface area (Å²) in [5.74, 6) is 1.98. The van der Waals surface area contributed by atoms with E-state index in [9.17, 15) is 4.79 Å². The number of alkyl halides is 1. The molecule has 4 aliphatic rings. The highest BCUT2D eigenvalue weighted by Gasteiger charge is 2.59. The molecular formula is C16H26ClNO. The van der Waals surface area contributed by atoms with Crippen molar-refractivity contribution in [2.24, 2.45) is 22.7 Å². The van der Waals surface area contributed by atoms with Gasteiger partial charge >= 0.3 is 0 Å². The third-order valence-electron chi connectivity index (χ3n) is 5.68. The fourth-order valence-electron chi connectivity index (χ4n) is 5.84.